The first-order valence-corrected chi connectivity index (χ1v) is 4.74. The van der Waals surface area contributed by atoms with Crippen molar-refractivity contribution in [1.82, 2.24) is 4.98 Å². The Bertz CT molecular complexity index is 451. The van der Waals surface area contributed by atoms with Crippen molar-refractivity contribution in [1.29, 1.82) is 0 Å². The van der Waals surface area contributed by atoms with E-state index in [4.69, 9.17) is 14.9 Å². The number of nitrogens with zero attached hydrogens (tertiary/aromatic N) is 1. The van der Waals surface area contributed by atoms with Crippen LogP contribution in [0.2, 0.25) is 0 Å². The zero-order valence-electron chi connectivity index (χ0n) is 8.43. The van der Waals surface area contributed by atoms with E-state index in [1.54, 1.807) is 6.20 Å². The van der Waals surface area contributed by atoms with Crippen LogP contribution in [-0.2, 0) is 0 Å². The molecule has 1 aromatic carbocycles. The van der Waals surface area contributed by atoms with Crippen LogP contribution in [-0.4, -0.2) is 11.6 Å². The Morgan fingerprint density at radius 1 is 1.47 bits per heavy atom. The Morgan fingerprint density at radius 3 is 3.00 bits per heavy atom. The van der Waals surface area contributed by atoms with Crippen LogP contribution >= 0.6 is 0 Å². The first kappa shape index (κ1) is 9.58. The lowest BCUT2D eigenvalue weighted by atomic mass is 10.2. The third-order valence-corrected chi connectivity index (χ3v) is 1.95. The highest BCUT2D eigenvalue weighted by molar-refractivity contribution is 5.59. The molecule has 2 N–H and O–H groups in total. The molecule has 78 valence electrons. The minimum absolute atomic E-state index is 0.173. The fourth-order valence-corrected chi connectivity index (χ4v) is 1.33. The van der Waals surface area contributed by atoms with E-state index >= 15 is 0 Å². The zero-order valence-corrected chi connectivity index (χ0v) is 8.43. The molecule has 15 heavy (non-hydrogen) atoms. The van der Waals surface area contributed by atoms with Gasteiger partial charge in [0.05, 0.1) is 12.8 Å². The van der Waals surface area contributed by atoms with E-state index in [2.05, 4.69) is 4.98 Å². The lowest BCUT2D eigenvalue weighted by molar-refractivity contribution is 0.340. The topological polar surface area (TPSA) is 61.3 Å². The van der Waals surface area contributed by atoms with Crippen molar-refractivity contribution < 1.29 is 9.15 Å². The summed E-state index contributed by atoms with van der Waals surface area (Å²) in [7, 11) is 0. The van der Waals surface area contributed by atoms with E-state index in [0.717, 1.165) is 11.3 Å². The monoisotopic (exact) mass is 204 g/mol. The summed E-state index contributed by atoms with van der Waals surface area (Å²) in [6.07, 6.45) is 1.60. The van der Waals surface area contributed by atoms with Crippen LogP contribution in [0.1, 0.15) is 6.92 Å². The SMILES string of the molecule is CCOc1cccc(-c2cnc(N)o2)c1. The largest absolute Gasteiger partial charge is 0.494 e. The summed E-state index contributed by atoms with van der Waals surface area (Å²) in [6, 6.07) is 7.78. The van der Waals surface area contributed by atoms with Gasteiger partial charge in [0, 0.05) is 5.56 Å². The van der Waals surface area contributed by atoms with Gasteiger partial charge in [-0.25, -0.2) is 4.98 Å². The standard InChI is InChI=1S/C11H12N2O2/c1-2-14-9-5-3-4-8(6-9)10-7-13-11(12)15-10/h3-7H,2H2,1H3,(H2,12,13). The summed E-state index contributed by atoms with van der Waals surface area (Å²) in [5, 5.41) is 0. The smallest absolute Gasteiger partial charge is 0.292 e. The van der Waals surface area contributed by atoms with Crippen molar-refractivity contribution in [3.8, 4) is 17.1 Å². The van der Waals surface area contributed by atoms with Gasteiger partial charge in [0.2, 0.25) is 0 Å². The summed E-state index contributed by atoms with van der Waals surface area (Å²) < 4.78 is 10.6. The van der Waals surface area contributed by atoms with E-state index in [1.807, 2.05) is 31.2 Å². The van der Waals surface area contributed by atoms with Gasteiger partial charge in [0.15, 0.2) is 5.76 Å². The summed E-state index contributed by atoms with van der Waals surface area (Å²) in [5.74, 6) is 1.46. The number of hydrogen-bond donors (Lipinski definition) is 1. The van der Waals surface area contributed by atoms with Crippen LogP contribution in [0.15, 0.2) is 34.9 Å². The predicted octanol–water partition coefficient (Wildman–Crippen LogP) is 2.32. The Labute approximate surface area is 87.7 Å². The molecule has 0 unspecified atom stereocenters. The van der Waals surface area contributed by atoms with Crippen molar-refractivity contribution in [3.63, 3.8) is 0 Å². The van der Waals surface area contributed by atoms with Crippen molar-refractivity contribution in [2.24, 2.45) is 0 Å². The number of ether oxygens (including phenoxy) is 1. The Balaban J connectivity index is 2.32. The molecule has 2 rings (SSSR count). The number of hydrogen-bond acceptors (Lipinski definition) is 4. The normalized spacial score (nSPS) is 10.2. The zero-order chi connectivity index (χ0) is 10.7. The van der Waals surface area contributed by atoms with Crippen molar-refractivity contribution in [2.75, 3.05) is 12.3 Å². The third kappa shape index (κ3) is 2.10. The van der Waals surface area contributed by atoms with E-state index in [-0.39, 0.29) is 6.01 Å². The maximum absolute atomic E-state index is 5.40. The molecule has 0 fully saturated rings. The predicted molar refractivity (Wildman–Crippen MR) is 57.5 cm³/mol. The van der Waals surface area contributed by atoms with Gasteiger partial charge in [-0.2, -0.15) is 0 Å². The van der Waals surface area contributed by atoms with E-state index < -0.39 is 0 Å². The minimum atomic E-state index is 0.173. The molecule has 1 heterocycles. The molecule has 0 aliphatic rings. The maximum Gasteiger partial charge on any atom is 0.292 e. The van der Waals surface area contributed by atoms with Gasteiger partial charge in [-0.05, 0) is 19.1 Å². The molecule has 4 nitrogen and oxygen atoms in total. The summed E-state index contributed by atoms with van der Waals surface area (Å²) in [6.45, 7) is 2.58. The Kier molecular flexibility index (Phi) is 2.58. The van der Waals surface area contributed by atoms with Crippen LogP contribution in [0.25, 0.3) is 11.3 Å². The molecule has 0 amide bonds. The quantitative estimate of drug-likeness (QED) is 0.833. The van der Waals surface area contributed by atoms with Gasteiger partial charge in [-0.1, -0.05) is 12.1 Å². The number of aromatic nitrogens is 1. The maximum atomic E-state index is 5.40. The highest BCUT2D eigenvalue weighted by atomic mass is 16.5. The van der Waals surface area contributed by atoms with Gasteiger partial charge in [-0.15, -0.1) is 0 Å². The number of nitrogen functional groups attached to an aromatic ring is 1. The molecule has 0 aliphatic heterocycles. The average Bonchev–Trinajstić information content (AvgIpc) is 2.66. The number of anilines is 1. The van der Waals surface area contributed by atoms with Gasteiger partial charge < -0.3 is 14.9 Å². The molecule has 2 aromatic rings. The summed E-state index contributed by atoms with van der Waals surface area (Å²) in [4.78, 5) is 3.84. The number of rotatable bonds is 3. The van der Waals surface area contributed by atoms with Crippen molar-refractivity contribution >= 4 is 6.01 Å². The molecule has 0 saturated heterocycles. The van der Waals surface area contributed by atoms with Crippen LogP contribution in [0.5, 0.6) is 5.75 Å². The molecular weight excluding hydrogens is 192 g/mol. The first-order valence-electron chi connectivity index (χ1n) is 4.74. The van der Waals surface area contributed by atoms with Gasteiger partial charge in [-0.3, -0.25) is 0 Å². The van der Waals surface area contributed by atoms with Gasteiger partial charge in [0.1, 0.15) is 5.75 Å². The van der Waals surface area contributed by atoms with E-state index in [9.17, 15) is 0 Å². The molecule has 0 radical (unpaired) electrons. The third-order valence-electron chi connectivity index (χ3n) is 1.95. The molecule has 1 aromatic heterocycles. The summed E-state index contributed by atoms with van der Waals surface area (Å²) in [5.41, 5.74) is 6.31. The Morgan fingerprint density at radius 2 is 2.33 bits per heavy atom. The number of benzene rings is 1. The average molecular weight is 204 g/mol. The van der Waals surface area contributed by atoms with Crippen molar-refractivity contribution in [3.05, 3.63) is 30.5 Å². The van der Waals surface area contributed by atoms with Crippen LogP contribution < -0.4 is 10.5 Å². The summed E-state index contributed by atoms with van der Waals surface area (Å²) >= 11 is 0. The molecular formula is C11H12N2O2. The molecule has 0 bridgehead atoms. The van der Waals surface area contributed by atoms with Crippen LogP contribution in [0.4, 0.5) is 6.01 Å². The second-order valence-corrected chi connectivity index (χ2v) is 3.02. The molecule has 0 aliphatic carbocycles. The minimum Gasteiger partial charge on any atom is -0.494 e. The van der Waals surface area contributed by atoms with Gasteiger partial charge >= 0.3 is 0 Å². The van der Waals surface area contributed by atoms with Crippen molar-refractivity contribution in [2.45, 2.75) is 6.92 Å². The number of nitrogens with two attached hydrogens (primary N) is 1. The second-order valence-electron chi connectivity index (χ2n) is 3.02. The van der Waals surface area contributed by atoms with Crippen LogP contribution in [0.3, 0.4) is 0 Å². The van der Waals surface area contributed by atoms with E-state index in [0.29, 0.717) is 12.4 Å². The fourth-order valence-electron chi connectivity index (χ4n) is 1.33. The lowest BCUT2D eigenvalue weighted by Crippen LogP contribution is -1.90. The molecule has 0 atom stereocenters. The number of oxazole rings is 1. The highest BCUT2D eigenvalue weighted by Crippen LogP contribution is 2.24. The first-order chi connectivity index (χ1) is 7.29. The lowest BCUT2D eigenvalue weighted by Gasteiger charge is -2.03. The van der Waals surface area contributed by atoms with Gasteiger partial charge in [0.25, 0.3) is 6.01 Å². The fraction of sp³-hybridized carbons (Fsp3) is 0.182. The molecule has 4 heteroatoms. The molecule has 0 spiro atoms. The Hall–Kier alpha value is -1.97. The van der Waals surface area contributed by atoms with E-state index in [1.165, 1.54) is 0 Å². The van der Waals surface area contributed by atoms with Crippen LogP contribution in [0, 0.1) is 0 Å². The second kappa shape index (κ2) is 4.04. The molecule has 0 saturated carbocycles. The highest BCUT2D eigenvalue weighted by Gasteiger charge is 2.04.